The standard InChI is InChI=1S/C25H27FN2O5/c1-16-3-7-18(8-4-16)13-31-15-22-21(32-14-19-9-5-17(2)6-10-19)11-23(33-22)28-12-20(26)24(29)27-25(28)30/h3-10,12,21-23H,11,13-15H2,1-2H3,(H,27,29,30)/t21-,22+,23+/m0/s1. The van der Waals surface area contributed by atoms with E-state index >= 15 is 0 Å². The maximum Gasteiger partial charge on any atom is 0.330 e. The zero-order valence-corrected chi connectivity index (χ0v) is 18.6. The van der Waals surface area contributed by atoms with Gasteiger partial charge in [0.2, 0.25) is 5.82 Å². The van der Waals surface area contributed by atoms with Gasteiger partial charge >= 0.3 is 5.69 Å². The van der Waals surface area contributed by atoms with E-state index < -0.39 is 29.4 Å². The average molecular weight is 454 g/mol. The fourth-order valence-electron chi connectivity index (χ4n) is 3.74. The predicted molar refractivity (Wildman–Crippen MR) is 120 cm³/mol. The summed E-state index contributed by atoms with van der Waals surface area (Å²) in [7, 11) is 0. The van der Waals surface area contributed by atoms with Gasteiger partial charge in [0.1, 0.15) is 12.3 Å². The molecular weight excluding hydrogens is 427 g/mol. The molecule has 4 rings (SSSR count). The summed E-state index contributed by atoms with van der Waals surface area (Å²) in [6.07, 6.45) is -0.433. The van der Waals surface area contributed by atoms with Gasteiger partial charge in [-0.2, -0.15) is 4.39 Å². The van der Waals surface area contributed by atoms with Crippen LogP contribution in [0.15, 0.2) is 64.3 Å². The number of hydrogen-bond acceptors (Lipinski definition) is 5. The Labute approximate surface area is 190 Å². The Morgan fingerprint density at radius 1 is 1.00 bits per heavy atom. The van der Waals surface area contributed by atoms with Crippen molar-refractivity contribution in [2.24, 2.45) is 0 Å². The molecule has 3 atom stereocenters. The van der Waals surface area contributed by atoms with Gasteiger partial charge in [-0.3, -0.25) is 14.3 Å². The van der Waals surface area contributed by atoms with Crippen molar-refractivity contribution in [1.29, 1.82) is 0 Å². The summed E-state index contributed by atoms with van der Waals surface area (Å²) in [4.78, 5) is 25.6. The number of nitrogens with zero attached hydrogens (tertiary/aromatic N) is 1. The summed E-state index contributed by atoms with van der Waals surface area (Å²) >= 11 is 0. The third-order valence-electron chi connectivity index (χ3n) is 5.67. The third kappa shape index (κ3) is 5.84. The molecule has 1 aromatic heterocycles. The van der Waals surface area contributed by atoms with Gasteiger partial charge in [0.05, 0.1) is 32.1 Å². The molecule has 33 heavy (non-hydrogen) atoms. The van der Waals surface area contributed by atoms with E-state index in [0.29, 0.717) is 19.6 Å². The van der Waals surface area contributed by atoms with Crippen molar-refractivity contribution in [3.05, 3.63) is 104 Å². The molecule has 2 heterocycles. The Morgan fingerprint density at radius 2 is 1.61 bits per heavy atom. The highest BCUT2D eigenvalue weighted by molar-refractivity contribution is 5.21. The Hall–Kier alpha value is -3.07. The highest BCUT2D eigenvalue weighted by Gasteiger charge is 2.38. The van der Waals surface area contributed by atoms with Crippen LogP contribution in [0, 0.1) is 19.7 Å². The number of nitrogens with one attached hydrogen (secondary N) is 1. The lowest BCUT2D eigenvalue weighted by Gasteiger charge is -2.19. The van der Waals surface area contributed by atoms with Gasteiger partial charge in [-0.1, -0.05) is 59.7 Å². The van der Waals surface area contributed by atoms with Crippen molar-refractivity contribution in [2.75, 3.05) is 6.61 Å². The first-order chi connectivity index (χ1) is 15.9. The van der Waals surface area contributed by atoms with Crippen molar-refractivity contribution in [3.8, 4) is 0 Å². The lowest BCUT2D eigenvalue weighted by atomic mass is 10.1. The molecule has 0 aliphatic carbocycles. The molecule has 1 saturated heterocycles. The molecule has 0 bridgehead atoms. The summed E-state index contributed by atoms with van der Waals surface area (Å²) in [6.45, 7) is 5.05. The van der Waals surface area contributed by atoms with Crippen LogP contribution in [-0.2, 0) is 27.4 Å². The minimum Gasteiger partial charge on any atom is -0.374 e. The first-order valence-electron chi connectivity index (χ1n) is 10.9. The zero-order valence-electron chi connectivity index (χ0n) is 18.6. The third-order valence-corrected chi connectivity index (χ3v) is 5.67. The normalized spacial score (nSPS) is 20.3. The first kappa shape index (κ1) is 23.1. The highest BCUT2D eigenvalue weighted by Crippen LogP contribution is 2.31. The second-order valence-corrected chi connectivity index (χ2v) is 8.34. The predicted octanol–water partition coefficient (Wildman–Crippen LogP) is 3.38. The van der Waals surface area contributed by atoms with Gasteiger partial charge in [0, 0.05) is 6.42 Å². The number of aromatic amines is 1. The molecule has 174 valence electrons. The van der Waals surface area contributed by atoms with Gasteiger partial charge in [-0.15, -0.1) is 0 Å². The maximum absolute atomic E-state index is 13.8. The van der Waals surface area contributed by atoms with Crippen molar-refractivity contribution in [3.63, 3.8) is 0 Å². The second kappa shape index (κ2) is 10.2. The molecule has 0 spiro atoms. The SMILES string of the molecule is Cc1ccc(COC[C@H]2O[C@@H](n3cc(F)c(=O)[nH]c3=O)C[C@@H]2OCc2ccc(C)cc2)cc1. The number of benzene rings is 2. The average Bonchev–Trinajstić information content (AvgIpc) is 3.20. The van der Waals surface area contributed by atoms with E-state index in [1.165, 1.54) is 5.56 Å². The number of aromatic nitrogens is 2. The smallest absolute Gasteiger partial charge is 0.330 e. The quantitative estimate of drug-likeness (QED) is 0.564. The number of ether oxygens (including phenoxy) is 3. The van der Waals surface area contributed by atoms with E-state index in [9.17, 15) is 14.0 Å². The number of hydrogen-bond donors (Lipinski definition) is 1. The minimum atomic E-state index is -1.06. The number of H-pyrrole nitrogens is 1. The topological polar surface area (TPSA) is 82.5 Å². The molecule has 0 amide bonds. The summed E-state index contributed by atoms with van der Waals surface area (Å²) in [5, 5.41) is 0. The molecular formula is C25H27FN2O5. The highest BCUT2D eigenvalue weighted by atomic mass is 19.1. The van der Waals surface area contributed by atoms with Gasteiger partial charge in [0.25, 0.3) is 5.56 Å². The van der Waals surface area contributed by atoms with Crippen molar-refractivity contribution in [1.82, 2.24) is 9.55 Å². The van der Waals surface area contributed by atoms with Crippen LogP contribution in [-0.4, -0.2) is 28.4 Å². The molecule has 1 aliphatic heterocycles. The Kier molecular flexibility index (Phi) is 7.17. The number of aryl methyl sites for hydroxylation is 2. The number of halogens is 1. The lowest BCUT2D eigenvalue weighted by molar-refractivity contribution is -0.0833. The molecule has 0 saturated carbocycles. The molecule has 8 heteroatoms. The second-order valence-electron chi connectivity index (χ2n) is 8.34. The lowest BCUT2D eigenvalue weighted by Crippen LogP contribution is -2.34. The van der Waals surface area contributed by atoms with E-state index in [0.717, 1.165) is 27.5 Å². The van der Waals surface area contributed by atoms with Gasteiger partial charge in [0.15, 0.2) is 0 Å². The van der Waals surface area contributed by atoms with Crippen LogP contribution in [0.4, 0.5) is 4.39 Å². The van der Waals surface area contributed by atoms with Crippen LogP contribution in [0.2, 0.25) is 0 Å². The molecule has 1 fully saturated rings. The first-order valence-corrected chi connectivity index (χ1v) is 10.9. The van der Waals surface area contributed by atoms with Crippen LogP contribution in [0.25, 0.3) is 0 Å². The summed E-state index contributed by atoms with van der Waals surface area (Å²) in [5.74, 6) is -1.05. The Bertz CT molecular complexity index is 1190. The molecule has 7 nitrogen and oxygen atoms in total. The monoisotopic (exact) mass is 454 g/mol. The fourth-order valence-corrected chi connectivity index (χ4v) is 3.74. The summed E-state index contributed by atoms with van der Waals surface area (Å²) < 4.78 is 32.9. The van der Waals surface area contributed by atoms with Crippen LogP contribution in [0.1, 0.15) is 34.9 Å². The van der Waals surface area contributed by atoms with Crippen molar-refractivity contribution in [2.45, 2.75) is 51.9 Å². The molecule has 3 aromatic rings. The molecule has 0 radical (unpaired) electrons. The zero-order chi connectivity index (χ0) is 23.4. The molecule has 2 aromatic carbocycles. The van der Waals surface area contributed by atoms with Gasteiger partial charge in [-0.05, 0) is 25.0 Å². The van der Waals surface area contributed by atoms with Crippen molar-refractivity contribution >= 4 is 0 Å². The molecule has 1 N–H and O–H groups in total. The van der Waals surface area contributed by atoms with E-state index in [2.05, 4.69) is 0 Å². The fraction of sp³-hybridized carbons (Fsp3) is 0.360. The van der Waals surface area contributed by atoms with E-state index in [1.807, 2.05) is 67.4 Å². The van der Waals surface area contributed by atoms with E-state index in [4.69, 9.17) is 14.2 Å². The van der Waals surface area contributed by atoms with Crippen LogP contribution in [0.3, 0.4) is 0 Å². The largest absolute Gasteiger partial charge is 0.374 e. The van der Waals surface area contributed by atoms with E-state index in [-0.39, 0.29) is 12.7 Å². The Morgan fingerprint density at radius 3 is 2.24 bits per heavy atom. The van der Waals surface area contributed by atoms with E-state index in [1.54, 1.807) is 0 Å². The molecule has 1 aliphatic rings. The summed E-state index contributed by atoms with van der Waals surface area (Å²) in [5.41, 5.74) is 2.58. The number of rotatable bonds is 8. The Balaban J connectivity index is 1.45. The van der Waals surface area contributed by atoms with Gasteiger partial charge < -0.3 is 14.2 Å². The van der Waals surface area contributed by atoms with Gasteiger partial charge in [-0.25, -0.2) is 4.79 Å². The maximum atomic E-state index is 13.8. The minimum absolute atomic E-state index is 0.240. The summed E-state index contributed by atoms with van der Waals surface area (Å²) in [6, 6.07) is 16.1. The molecule has 0 unspecified atom stereocenters. The van der Waals surface area contributed by atoms with Crippen molar-refractivity contribution < 1.29 is 18.6 Å². The van der Waals surface area contributed by atoms with Crippen LogP contribution >= 0.6 is 0 Å². The van der Waals surface area contributed by atoms with Crippen LogP contribution in [0.5, 0.6) is 0 Å². The van der Waals surface area contributed by atoms with Crippen LogP contribution < -0.4 is 11.2 Å².